The number of nitrogens with two attached hydrogens (primary N) is 1. The first kappa shape index (κ1) is 23.8. The normalized spacial score (nSPS) is 43.8. The lowest BCUT2D eigenvalue weighted by molar-refractivity contribution is -0.0543. The standard InChI is InChI=1S/C30H53N/c1-20(2)9-8-10-21(3)25-13-14-26-24-12-11-23-19-22(28(4,5)31)15-17-29(23,6)27(24)16-18-30(25,26)7/h11,20-22,24-27H,8-10,12-19,31H2,1-7H3/t21-,22+,24+,25-,26+,27+,29+,30-/m1/s1. The maximum Gasteiger partial charge on any atom is 0.0128 e. The van der Waals surface area contributed by atoms with E-state index < -0.39 is 0 Å². The van der Waals surface area contributed by atoms with E-state index in [9.17, 15) is 0 Å². The number of allylic oxidation sites excluding steroid dienone is 2. The maximum absolute atomic E-state index is 6.56. The highest BCUT2D eigenvalue weighted by Gasteiger charge is 2.59. The van der Waals surface area contributed by atoms with Crippen LogP contribution in [0.25, 0.3) is 0 Å². The molecular weight excluding hydrogens is 374 g/mol. The van der Waals surface area contributed by atoms with Gasteiger partial charge in [-0.05, 0) is 117 Å². The molecule has 1 nitrogen and oxygen atoms in total. The first-order chi connectivity index (χ1) is 14.5. The molecule has 0 aromatic carbocycles. The highest BCUT2D eigenvalue weighted by molar-refractivity contribution is 5.26. The van der Waals surface area contributed by atoms with Crippen LogP contribution in [0, 0.1) is 52.3 Å². The summed E-state index contributed by atoms with van der Waals surface area (Å²) in [7, 11) is 0. The Kier molecular flexibility index (Phi) is 6.53. The van der Waals surface area contributed by atoms with Crippen molar-refractivity contribution in [1.82, 2.24) is 0 Å². The van der Waals surface area contributed by atoms with Crippen molar-refractivity contribution >= 4 is 0 Å². The Morgan fingerprint density at radius 1 is 1.00 bits per heavy atom. The van der Waals surface area contributed by atoms with Gasteiger partial charge in [0.1, 0.15) is 0 Å². The second kappa shape index (κ2) is 8.48. The molecule has 0 saturated heterocycles. The fourth-order valence-corrected chi connectivity index (χ4v) is 9.32. The predicted octanol–water partition coefficient (Wildman–Crippen LogP) is 8.38. The summed E-state index contributed by atoms with van der Waals surface area (Å²) < 4.78 is 0. The van der Waals surface area contributed by atoms with E-state index in [4.69, 9.17) is 5.73 Å². The SMILES string of the molecule is CC(C)CCC[C@@H](C)[C@H]1CC[C@H]2[C@@H]3CC=C4C[C@@H](C(C)(C)N)CC[C@]4(C)[C@H]3CC[C@]12C. The van der Waals surface area contributed by atoms with Crippen molar-refractivity contribution < 1.29 is 0 Å². The monoisotopic (exact) mass is 427 g/mol. The summed E-state index contributed by atoms with van der Waals surface area (Å²) in [6, 6.07) is 0. The van der Waals surface area contributed by atoms with Crippen LogP contribution in [0.4, 0.5) is 0 Å². The van der Waals surface area contributed by atoms with Gasteiger partial charge in [-0.3, -0.25) is 0 Å². The summed E-state index contributed by atoms with van der Waals surface area (Å²) in [6.45, 7) is 17.2. The van der Waals surface area contributed by atoms with Gasteiger partial charge in [-0.2, -0.15) is 0 Å². The van der Waals surface area contributed by atoms with Crippen LogP contribution in [-0.2, 0) is 0 Å². The van der Waals surface area contributed by atoms with Crippen LogP contribution < -0.4 is 5.73 Å². The molecular formula is C30H53N. The van der Waals surface area contributed by atoms with Crippen LogP contribution in [-0.4, -0.2) is 5.54 Å². The molecule has 0 bridgehead atoms. The third-order valence-corrected chi connectivity index (χ3v) is 11.4. The summed E-state index contributed by atoms with van der Waals surface area (Å²) in [4.78, 5) is 0. The molecule has 0 unspecified atom stereocenters. The van der Waals surface area contributed by atoms with E-state index in [0.717, 1.165) is 35.5 Å². The minimum absolute atomic E-state index is 0.0332. The van der Waals surface area contributed by atoms with Crippen molar-refractivity contribution in [3.05, 3.63) is 11.6 Å². The van der Waals surface area contributed by atoms with Gasteiger partial charge in [0.25, 0.3) is 0 Å². The van der Waals surface area contributed by atoms with Crippen molar-refractivity contribution in [2.75, 3.05) is 0 Å². The molecule has 1 heteroatoms. The zero-order valence-electron chi connectivity index (χ0n) is 22.0. The minimum Gasteiger partial charge on any atom is -0.325 e. The van der Waals surface area contributed by atoms with Gasteiger partial charge in [0.05, 0.1) is 0 Å². The highest BCUT2D eigenvalue weighted by atomic mass is 14.7. The summed E-state index contributed by atoms with van der Waals surface area (Å²) in [5, 5.41) is 0. The van der Waals surface area contributed by atoms with Gasteiger partial charge < -0.3 is 5.73 Å². The highest BCUT2D eigenvalue weighted by Crippen LogP contribution is 2.67. The van der Waals surface area contributed by atoms with Gasteiger partial charge in [-0.25, -0.2) is 0 Å². The van der Waals surface area contributed by atoms with Crippen molar-refractivity contribution in [1.29, 1.82) is 0 Å². The Morgan fingerprint density at radius 2 is 1.74 bits per heavy atom. The van der Waals surface area contributed by atoms with E-state index in [1.165, 1.54) is 70.6 Å². The number of hydrogen-bond donors (Lipinski definition) is 1. The van der Waals surface area contributed by atoms with Gasteiger partial charge in [0.15, 0.2) is 0 Å². The fraction of sp³-hybridized carbons (Fsp3) is 0.933. The van der Waals surface area contributed by atoms with Crippen LogP contribution in [0.2, 0.25) is 0 Å². The minimum atomic E-state index is -0.0332. The maximum atomic E-state index is 6.56. The molecule has 0 heterocycles. The van der Waals surface area contributed by atoms with Crippen LogP contribution in [0.1, 0.15) is 119 Å². The zero-order chi connectivity index (χ0) is 22.6. The summed E-state index contributed by atoms with van der Waals surface area (Å²) >= 11 is 0. The second-order valence-electron chi connectivity index (χ2n) is 14.1. The fourth-order valence-electron chi connectivity index (χ4n) is 9.32. The topological polar surface area (TPSA) is 26.0 Å². The first-order valence-electron chi connectivity index (χ1n) is 13.9. The lowest BCUT2D eigenvalue weighted by Crippen LogP contribution is -2.52. The van der Waals surface area contributed by atoms with E-state index in [1.807, 2.05) is 0 Å². The molecule has 4 rings (SSSR count). The summed E-state index contributed by atoms with van der Waals surface area (Å²) in [5.41, 5.74) is 9.40. The molecule has 4 aliphatic carbocycles. The van der Waals surface area contributed by atoms with Gasteiger partial charge in [0, 0.05) is 5.54 Å². The lowest BCUT2D eigenvalue weighted by atomic mass is 9.46. The number of rotatable bonds is 6. The van der Waals surface area contributed by atoms with Gasteiger partial charge in [-0.1, -0.05) is 65.5 Å². The molecule has 8 atom stereocenters. The van der Waals surface area contributed by atoms with E-state index in [1.54, 1.807) is 5.57 Å². The molecule has 4 aliphatic rings. The van der Waals surface area contributed by atoms with Crippen molar-refractivity contribution in [3.63, 3.8) is 0 Å². The lowest BCUT2D eigenvalue weighted by Gasteiger charge is -2.59. The van der Waals surface area contributed by atoms with Crippen LogP contribution >= 0.6 is 0 Å². The first-order valence-corrected chi connectivity index (χ1v) is 13.9. The molecule has 0 aromatic heterocycles. The molecule has 2 N–H and O–H groups in total. The Balaban J connectivity index is 1.49. The zero-order valence-corrected chi connectivity index (χ0v) is 22.0. The largest absolute Gasteiger partial charge is 0.325 e. The van der Waals surface area contributed by atoms with Crippen LogP contribution in [0.5, 0.6) is 0 Å². The average molecular weight is 428 g/mol. The molecule has 0 aliphatic heterocycles. The molecule has 3 fully saturated rings. The molecule has 3 saturated carbocycles. The quantitative estimate of drug-likeness (QED) is 0.423. The molecule has 0 radical (unpaired) electrons. The number of hydrogen-bond acceptors (Lipinski definition) is 1. The van der Waals surface area contributed by atoms with E-state index in [2.05, 4.69) is 54.5 Å². The third kappa shape index (κ3) is 4.20. The van der Waals surface area contributed by atoms with Crippen LogP contribution in [0.15, 0.2) is 11.6 Å². The molecule has 0 spiro atoms. The Labute approximate surface area is 194 Å². The molecule has 0 amide bonds. The molecule has 178 valence electrons. The summed E-state index contributed by atoms with van der Waals surface area (Å²) in [6.07, 6.45) is 18.4. The van der Waals surface area contributed by atoms with Crippen LogP contribution in [0.3, 0.4) is 0 Å². The van der Waals surface area contributed by atoms with Gasteiger partial charge in [-0.15, -0.1) is 0 Å². The number of fused-ring (bicyclic) bond motifs is 5. The third-order valence-electron chi connectivity index (χ3n) is 11.4. The van der Waals surface area contributed by atoms with E-state index in [0.29, 0.717) is 16.7 Å². The molecule has 0 aromatic rings. The Morgan fingerprint density at radius 3 is 2.42 bits per heavy atom. The predicted molar refractivity (Wildman–Crippen MR) is 135 cm³/mol. The summed E-state index contributed by atoms with van der Waals surface area (Å²) in [5.74, 6) is 6.26. The van der Waals surface area contributed by atoms with Crippen molar-refractivity contribution in [2.45, 2.75) is 125 Å². The van der Waals surface area contributed by atoms with Gasteiger partial charge >= 0.3 is 0 Å². The molecule has 31 heavy (non-hydrogen) atoms. The average Bonchev–Trinajstić information content (AvgIpc) is 3.03. The van der Waals surface area contributed by atoms with Crippen molar-refractivity contribution in [3.8, 4) is 0 Å². The van der Waals surface area contributed by atoms with Gasteiger partial charge in [0.2, 0.25) is 0 Å². The smallest absolute Gasteiger partial charge is 0.0128 e. The Bertz CT molecular complexity index is 668. The Hall–Kier alpha value is -0.300. The van der Waals surface area contributed by atoms with Crippen molar-refractivity contribution in [2.24, 2.45) is 58.0 Å². The van der Waals surface area contributed by atoms with E-state index >= 15 is 0 Å². The second-order valence-corrected chi connectivity index (χ2v) is 14.1. The van der Waals surface area contributed by atoms with E-state index in [-0.39, 0.29) is 5.54 Å².